The molecule has 6 nitrogen and oxygen atoms in total. The lowest BCUT2D eigenvalue weighted by molar-refractivity contribution is -0.119. The minimum Gasteiger partial charge on any atom is -0.324 e. The fourth-order valence-corrected chi connectivity index (χ4v) is 1.81. The van der Waals surface area contributed by atoms with Gasteiger partial charge in [0.2, 0.25) is 5.91 Å². The molecule has 1 atom stereocenters. The van der Waals surface area contributed by atoms with E-state index in [9.17, 15) is 4.79 Å². The minimum atomic E-state index is -0.426. The molecule has 108 valence electrons. The van der Waals surface area contributed by atoms with Crippen molar-refractivity contribution < 1.29 is 4.79 Å². The number of benzene rings is 1. The van der Waals surface area contributed by atoms with Crippen molar-refractivity contribution in [3.63, 3.8) is 0 Å². The van der Waals surface area contributed by atoms with E-state index < -0.39 is 6.04 Å². The molecule has 1 heterocycles. The van der Waals surface area contributed by atoms with E-state index in [1.54, 1.807) is 6.92 Å². The molecule has 6 heteroatoms. The molecule has 0 aliphatic carbocycles. The van der Waals surface area contributed by atoms with Crippen molar-refractivity contribution in [3.05, 3.63) is 42.0 Å². The van der Waals surface area contributed by atoms with Crippen LogP contribution in [0.3, 0.4) is 0 Å². The third kappa shape index (κ3) is 3.68. The Morgan fingerprint density at radius 1 is 1.52 bits per heavy atom. The van der Waals surface area contributed by atoms with Crippen LogP contribution in [0.1, 0.15) is 24.1 Å². The zero-order valence-electron chi connectivity index (χ0n) is 12.0. The molecule has 1 aromatic heterocycles. The summed E-state index contributed by atoms with van der Waals surface area (Å²) in [5.74, 6) is 5.65. The van der Waals surface area contributed by atoms with E-state index in [2.05, 4.69) is 27.2 Å². The van der Waals surface area contributed by atoms with Gasteiger partial charge in [0.1, 0.15) is 18.7 Å². The van der Waals surface area contributed by atoms with Crippen LogP contribution in [0.15, 0.2) is 30.9 Å². The zero-order chi connectivity index (χ0) is 15.2. The quantitative estimate of drug-likeness (QED) is 0.826. The van der Waals surface area contributed by atoms with E-state index in [0.717, 1.165) is 16.8 Å². The lowest BCUT2D eigenvalue weighted by Crippen LogP contribution is -2.24. The number of aryl methyl sites for hydroxylation is 1. The van der Waals surface area contributed by atoms with Crippen molar-refractivity contribution in [1.29, 1.82) is 0 Å². The van der Waals surface area contributed by atoms with Gasteiger partial charge in [-0.2, -0.15) is 5.10 Å². The van der Waals surface area contributed by atoms with E-state index in [1.807, 2.05) is 25.1 Å². The number of anilines is 1. The Kier molecular flexibility index (Phi) is 4.69. The highest BCUT2D eigenvalue weighted by atomic mass is 16.2. The van der Waals surface area contributed by atoms with Gasteiger partial charge in [0.15, 0.2) is 0 Å². The maximum Gasteiger partial charge on any atom is 0.249 e. The number of aromatic nitrogens is 3. The van der Waals surface area contributed by atoms with Crippen LogP contribution >= 0.6 is 0 Å². The molecule has 0 aliphatic heterocycles. The van der Waals surface area contributed by atoms with Gasteiger partial charge < -0.3 is 11.1 Å². The molecule has 0 fully saturated rings. The van der Waals surface area contributed by atoms with Gasteiger partial charge in [-0.25, -0.2) is 9.67 Å². The minimum absolute atomic E-state index is 0.152. The summed E-state index contributed by atoms with van der Waals surface area (Å²) in [6, 6.07) is 5.14. The van der Waals surface area contributed by atoms with Crippen molar-refractivity contribution in [3.8, 4) is 11.8 Å². The second-order valence-corrected chi connectivity index (χ2v) is 4.58. The largest absolute Gasteiger partial charge is 0.324 e. The van der Waals surface area contributed by atoms with Crippen molar-refractivity contribution in [2.24, 2.45) is 5.73 Å². The fourth-order valence-electron chi connectivity index (χ4n) is 1.81. The maximum atomic E-state index is 12.1. The molecule has 21 heavy (non-hydrogen) atoms. The monoisotopic (exact) mass is 283 g/mol. The zero-order valence-corrected chi connectivity index (χ0v) is 12.0. The van der Waals surface area contributed by atoms with Gasteiger partial charge >= 0.3 is 0 Å². The lowest BCUT2D eigenvalue weighted by Gasteiger charge is -2.12. The van der Waals surface area contributed by atoms with Gasteiger partial charge in [-0.3, -0.25) is 4.79 Å². The van der Waals surface area contributed by atoms with E-state index in [1.165, 1.54) is 17.3 Å². The van der Waals surface area contributed by atoms with Crippen molar-refractivity contribution in [2.75, 3.05) is 11.9 Å². The number of nitrogens with one attached hydrogen (secondary N) is 1. The van der Waals surface area contributed by atoms with Crippen LogP contribution in [-0.2, 0) is 4.79 Å². The van der Waals surface area contributed by atoms with Crippen molar-refractivity contribution in [1.82, 2.24) is 14.8 Å². The van der Waals surface area contributed by atoms with Gasteiger partial charge in [-0.15, -0.1) is 0 Å². The van der Waals surface area contributed by atoms with Crippen LogP contribution in [-0.4, -0.2) is 27.2 Å². The molecule has 1 aromatic carbocycles. The molecule has 2 aromatic rings. The van der Waals surface area contributed by atoms with E-state index in [0.29, 0.717) is 6.54 Å². The van der Waals surface area contributed by atoms with Gasteiger partial charge in [0.05, 0.1) is 6.54 Å². The van der Waals surface area contributed by atoms with Gasteiger partial charge in [-0.1, -0.05) is 11.8 Å². The Balaban J connectivity index is 2.09. The number of hydrogen-bond donors (Lipinski definition) is 2. The number of amides is 1. The van der Waals surface area contributed by atoms with Crippen LogP contribution in [0.2, 0.25) is 0 Å². The van der Waals surface area contributed by atoms with Gasteiger partial charge in [0.25, 0.3) is 0 Å². The van der Waals surface area contributed by atoms with E-state index in [4.69, 9.17) is 5.73 Å². The summed E-state index contributed by atoms with van der Waals surface area (Å²) in [6.45, 7) is 4.03. The van der Waals surface area contributed by atoms with Crippen LogP contribution in [0.5, 0.6) is 0 Å². The normalized spacial score (nSPS) is 11.4. The van der Waals surface area contributed by atoms with Crippen LogP contribution < -0.4 is 11.1 Å². The highest BCUT2D eigenvalue weighted by Gasteiger charge is 2.15. The number of nitrogens with two attached hydrogens (primary N) is 1. The first-order valence-electron chi connectivity index (χ1n) is 6.56. The third-order valence-electron chi connectivity index (χ3n) is 3.03. The number of rotatable bonds is 3. The molecule has 0 spiro atoms. The van der Waals surface area contributed by atoms with E-state index >= 15 is 0 Å². The summed E-state index contributed by atoms with van der Waals surface area (Å²) in [5, 5.41) is 6.81. The molecule has 3 N–H and O–H groups in total. The molecule has 0 bridgehead atoms. The standard InChI is InChI=1S/C15H17N5O/c1-11-8-14(6-5-13(11)4-3-7-16)19-15(21)12(2)20-10-17-9-18-20/h5-6,8-10,12H,7,16H2,1-2H3,(H,19,21). The van der Waals surface area contributed by atoms with E-state index in [-0.39, 0.29) is 5.91 Å². The third-order valence-corrected chi connectivity index (χ3v) is 3.03. The lowest BCUT2D eigenvalue weighted by atomic mass is 10.1. The Labute approximate surface area is 123 Å². The van der Waals surface area contributed by atoms with Crippen molar-refractivity contribution in [2.45, 2.75) is 19.9 Å². The topological polar surface area (TPSA) is 85.8 Å². The number of nitrogens with zero attached hydrogens (tertiary/aromatic N) is 3. The molecule has 0 saturated carbocycles. The molecule has 1 amide bonds. The van der Waals surface area contributed by atoms with Crippen LogP contribution in [0.4, 0.5) is 5.69 Å². The van der Waals surface area contributed by atoms with Gasteiger partial charge in [0, 0.05) is 11.3 Å². The average Bonchev–Trinajstić information content (AvgIpc) is 2.99. The second-order valence-electron chi connectivity index (χ2n) is 4.58. The van der Waals surface area contributed by atoms with Crippen LogP contribution in [0, 0.1) is 18.8 Å². The highest BCUT2D eigenvalue weighted by Crippen LogP contribution is 2.16. The number of carbonyl (C=O) groups is 1. The molecule has 0 aliphatic rings. The summed E-state index contributed by atoms with van der Waals surface area (Å²) in [6.07, 6.45) is 2.92. The first-order valence-corrected chi connectivity index (χ1v) is 6.56. The SMILES string of the molecule is Cc1cc(NC(=O)C(C)n2cncn2)ccc1C#CCN. The number of hydrogen-bond acceptors (Lipinski definition) is 4. The Bertz CT molecular complexity index is 682. The fraction of sp³-hybridized carbons (Fsp3) is 0.267. The smallest absolute Gasteiger partial charge is 0.249 e. The van der Waals surface area contributed by atoms with Crippen molar-refractivity contribution >= 4 is 11.6 Å². The summed E-state index contributed by atoms with van der Waals surface area (Å²) in [5.41, 5.74) is 7.98. The first kappa shape index (κ1) is 14.8. The molecular weight excluding hydrogens is 266 g/mol. The Hall–Kier alpha value is -2.65. The average molecular weight is 283 g/mol. The molecular formula is C15H17N5O. The predicted octanol–water partition coefficient (Wildman–Crippen LogP) is 1.10. The predicted molar refractivity (Wildman–Crippen MR) is 80.5 cm³/mol. The summed E-state index contributed by atoms with van der Waals surface area (Å²) < 4.78 is 1.50. The molecule has 1 unspecified atom stereocenters. The molecule has 0 saturated heterocycles. The van der Waals surface area contributed by atoms with Crippen LogP contribution in [0.25, 0.3) is 0 Å². The first-order chi connectivity index (χ1) is 10.1. The Morgan fingerprint density at radius 2 is 2.33 bits per heavy atom. The second kappa shape index (κ2) is 6.68. The summed E-state index contributed by atoms with van der Waals surface area (Å²) in [4.78, 5) is 16.0. The summed E-state index contributed by atoms with van der Waals surface area (Å²) >= 11 is 0. The Morgan fingerprint density at radius 3 is 2.95 bits per heavy atom. The highest BCUT2D eigenvalue weighted by molar-refractivity contribution is 5.93. The van der Waals surface area contributed by atoms with Gasteiger partial charge in [-0.05, 0) is 37.6 Å². The molecule has 0 radical (unpaired) electrons. The number of carbonyl (C=O) groups excluding carboxylic acids is 1. The summed E-state index contributed by atoms with van der Waals surface area (Å²) in [7, 11) is 0. The molecule has 2 rings (SSSR count). The maximum absolute atomic E-state index is 12.1.